The highest BCUT2D eigenvalue weighted by molar-refractivity contribution is 6.06. The summed E-state index contributed by atoms with van der Waals surface area (Å²) in [5.74, 6) is -0.736. The fourth-order valence-corrected chi connectivity index (χ4v) is 2.14. The molecular formula is C14H15NO3. The van der Waals surface area contributed by atoms with E-state index in [0.717, 1.165) is 11.3 Å². The summed E-state index contributed by atoms with van der Waals surface area (Å²) in [4.78, 5) is 24.6. The van der Waals surface area contributed by atoms with Crippen molar-refractivity contribution in [2.24, 2.45) is 0 Å². The minimum Gasteiger partial charge on any atom is -0.435 e. The maximum absolute atomic E-state index is 12.2. The Balaban J connectivity index is 2.29. The predicted octanol–water partition coefficient (Wildman–Crippen LogP) is 2.21. The van der Waals surface area contributed by atoms with E-state index in [1.54, 1.807) is 11.0 Å². The summed E-state index contributed by atoms with van der Waals surface area (Å²) in [5.41, 5.74) is 1.88. The topological polar surface area (TPSA) is 46.6 Å². The third kappa shape index (κ3) is 2.14. The molecule has 1 aromatic carbocycles. The van der Waals surface area contributed by atoms with Crippen molar-refractivity contribution >= 4 is 17.6 Å². The van der Waals surface area contributed by atoms with Gasteiger partial charge >= 0.3 is 5.97 Å². The van der Waals surface area contributed by atoms with E-state index in [0.29, 0.717) is 6.54 Å². The zero-order chi connectivity index (χ0) is 13.1. The quantitative estimate of drug-likeness (QED) is 0.606. The van der Waals surface area contributed by atoms with Crippen molar-refractivity contribution < 1.29 is 14.3 Å². The third-order valence-corrected chi connectivity index (χ3v) is 2.92. The van der Waals surface area contributed by atoms with Gasteiger partial charge in [0.25, 0.3) is 0 Å². The number of likely N-dealkylation sites (N-methyl/N-ethyl adjacent to an activating group) is 1. The highest BCUT2D eigenvalue weighted by Gasteiger charge is 2.34. The van der Waals surface area contributed by atoms with Gasteiger partial charge in [-0.3, -0.25) is 9.59 Å². The van der Waals surface area contributed by atoms with Crippen molar-refractivity contribution in [1.29, 1.82) is 0 Å². The van der Waals surface area contributed by atoms with Gasteiger partial charge in [-0.2, -0.15) is 0 Å². The monoisotopic (exact) mass is 245 g/mol. The Labute approximate surface area is 106 Å². The fraction of sp³-hybridized carbons (Fsp3) is 0.286. The van der Waals surface area contributed by atoms with E-state index in [-0.39, 0.29) is 11.8 Å². The van der Waals surface area contributed by atoms with Gasteiger partial charge in [0.15, 0.2) is 0 Å². The average molecular weight is 245 g/mol. The lowest BCUT2D eigenvalue weighted by Gasteiger charge is -2.14. The molecule has 1 aromatic rings. The Morgan fingerprint density at radius 1 is 1.44 bits per heavy atom. The normalized spacial score (nSPS) is 18.2. The highest BCUT2D eigenvalue weighted by atomic mass is 16.5. The molecule has 1 aliphatic heterocycles. The van der Waals surface area contributed by atoms with E-state index >= 15 is 0 Å². The number of anilines is 1. The molecule has 0 spiro atoms. The standard InChI is InChI=1S/C14H15NO3/c1-3-15-13-7-5-4-6-11(13)12(14(15)17)8-9-18-10(2)16/h4-9,12H,3H2,1-2H3/b9-8-. The van der Waals surface area contributed by atoms with Crippen LogP contribution in [0.2, 0.25) is 0 Å². The van der Waals surface area contributed by atoms with Crippen molar-refractivity contribution in [3.8, 4) is 0 Å². The SMILES string of the molecule is CCN1C(=O)C(/C=C\OC(C)=O)c2ccccc21. The van der Waals surface area contributed by atoms with Crippen LogP contribution in [0.4, 0.5) is 5.69 Å². The van der Waals surface area contributed by atoms with Gasteiger partial charge < -0.3 is 9.64 Å². The molecule has 94 valence electrons. The number of rotatable bonds is 3. The zero-order valence-corrected chi connectivity index (χ0v) is 10.4. The number of carbonyl (C=O) groups excluding carboxylic acids is 2. The Morgan fingerprint density at radius 2 is 2.17 bits per heavy atom. The van der Waals surface area contributed by atoms with Crippen LogP contribution in [0, 0.1) is 0 Å². The molecule has 1 amide bonds. The molecule has 1 aliphatic rings. The predicted molar refractivity (Wildman–Crippen MR) is 68.1 cm³/mol. The lowest BCUT2D eigenvalue weighted by molar-refractivity contribution is -0.135. The molecule has 1 heterocycles. The number of para-hydroxylation sites is 1. The molecular weight excluding hydrogens is 230 g/mol. The first-order chi connectivity index (χ1) is 8.65. The molecule has 0 aliphatic carbocycles. The van der Waals surface area contributed by atoms with Crippen LogP contribution in [0.25, 0.3) is 0 Å². The number of nitrogens with zero attached hydrogens (tertiary/aromatic N) is 1. The van der Waals surface area contributed by atoms with Crippen molar-refractivity contribution in [3.63, 3.8) is 0 Å². The number of benzene rings is 1. The van der Waals surface area contributed by atoms with Gasteiger partial charge in [-0.15, -0.1) is 0 Å². The number of amides is 1. The molecule has 0 saturated heterocycles. The van der Waals surface area contributed by atoms with Gasteiger partial charge in [-0.25, -0.2) is 0 Å². The van der Waals surface area contributed by atoms with Crippen LogP contribution in [0.5, 0.6) is 0 Å². The Bertz CT molecular complexity index is 508. The number of hydrogen-bond donors (Lipinski definition) is 0. The number of esters is 1. The highest BCUT2D eigenvalue weighted by Crippen LogP contribution is 2.37. The van der Waals surface area contributed by atoms with E-state index in [2.05, 4.69) is 0 Å². The number of carbonyl (C=O) groups is 2. The second-order valence-corrected chi connectivity index (χ2v) is 4.06. The molecule has 4 nitrogen and oxygen atoms in total. The molecule has 0 fully saturated rings. The number of ether oxygens (including phenoxy) is 1. The first kappa shape index (κ1) is 12.4. The van der Waals surface area contributed by atoms with Crippen LogP contribution in [0.1, 0.15) is 25.3 Å². The molecule has 0 aromatic heterocycles. The fourth-order valence-electron chi connectivity index (χ4n) is 2.14. The second kappa shape index (κ2) is 5.04. The van der Waals surface area contributed by atoms with Gasteiger partial charge in [0.2, 0.25) is 5.91 Å². The van der Waals surface area contributed by atoms with Crippen molar-refractivity contribution in [2.45, 2.75) is 19.8 Å². The summed E-state index contributed by atoms with van der Waals surface area (Å²) in [7, 11) is 0. The van der Waals surface area contributed by atoms with Crippen LogP contribution in [0.3, 0.4) is 0 Å². The molecule has 4 heteroatoms. The molecule has 0 radical (unpaired) electrons. The van der Waals surface area contributed by atoms with Crippen molar-refractivity contribution in [3.05, 3.63) is 42.2 Å². The zero-order valence-electron chi connectivity index (χ0n) is 10.4. The molecule has 1 atom stereocenters. The average Bonchev–Trinajstić information content (AvgIpc) is 2.62. The van der Waals surface area contributed by atoms with Gasteiger partial charge in [-0.1, -0.05) is 18.2 Å². The summed E-state index contributed by atoms with van der Waals surface area (Å²) in [5, 5.41) is 0. The molecule has 0 saturated carbocycles. The van der Waals surface area contributed by atoms with Gasteiger partial charge in [0, 0.05) is 19.2 Å². The van der Waals surface area contributed by atoms with Crippen LogP contribution < -0.4 is 4.90 Å². The summed E-state index contributed by atoms with van der Waals surface area (Å²) >= 11 is 0. The van der Waals surface area contributed by atoms with Gasteiger partial charge in [0.1, 0.15) is 0 Å². The minimum atomic E-state index is -0.391. The summed E-state index contributed by atoms with van der Waals surface area (Å²) in [6.07, 6.45) is 2.92. The van der Waals surface area contributed by atoms with E-state index in [9.17, 15) is 9.59 Å². The molecule has 2 rings (SSSR count). The van der Waals surface area contributed by atoms with Crippen LogP contribution in [-0.4, -0.2) is 18.4 Å². The van der Waals surface area contributed by atoms with Gasteiger partial charge in [0.05, 0.1) is 12.2 Å². The smallest absolute Gasteiger partial charge is 0.307 e. The maximum Gasteiger partial charge on any atom is 0.307 e. The molecule has 0 bridgehead atoms. The summed E-state index contributed by atoms with van der Waals surface area (Å²) in [6.45, 7) is 3.90. The van der Waals surface area contributed by atoms with E-state index < -0.39 is 5.97 Å². The first-order valence-corrected chi connectivity index (χ1v) is 5.89. The minimum absolute atomic E-state index is 0.0158. The largest absolute Gasteiger partial charge is 0.435 e. The Hall–Kier alpha value is -2.10. The number of fused-ring (bicyclic) bond motifs is 1. The lowest BCUT2D eigenvalue weighted by Crippen LogP contribution is -2.27. The van der Waals surface area contributed by atoms with Gasteiger partial charge in [-0.05, 0) is 24.6 Å². The second-order valence-electron chi connectivity index (χ2n) is 4.06. The van der Waals surface area contributed by atoms with E-state index in [4.69, 9.17) is 4.74 Å². The maximum atomic E-state index is 12.2. The third-order valence-electron chi connectivity index (χ3n) is 2.92. The van der Waals surface area contributed by atoms with E-state index in [1.807, 2.05) is 31.2 Å². The Morgan fingerprint density at radius 3 is 2.83 bits per heavy atom. The number of hydrogen-bond acceptors (Lipinski definition) is 3. The van der Waals surface area contributed by atoms with Crippen molar-refractivity contribution in [1.82, 2.24) is 0 Å². The van der Waals surface area contributed by atoms with Crippen LogP contribution >= 0.6 is 0 Å². The lowest BCUT2D eigenvalue weighted by atomic mass is 10.0. The summed E-state index contributed by atoms with van der Waals surface area (Å²) in [6, 6.07) is 7.66. The Kier molecular flexibility index (Phi) is 3.46. The summed E-state index contributed by atoms with van der Waals surface area (Å²) < 4.78 is 4.75. The van der Waals surface area contributed by atoms with Crippen LogP contribution in [-0.2, 0) is 14.3 Å². The van der Waals surface area contributed by atoms with E-state index in [1.165, 1.54) is 13.2 Å². The molecule has 0 N–H and O–H groups in total. The molecule has 1 unspecified atom stereocenters. The molecule has 18 heavy (non-hydrogen) atoms. The first-order valence-electron chi connectivity index (χ1n) is 5.89. The van der Waals surface area contributed by atoms with Crippen LogP contribution in [0.15, 0.2) is 36.6 Å². The van der Waals surface area contributed by atoms with Crippen molar-refractivity contribution in [2.75, 3.05) is 11.4 Å².